The molecule has 2 heteroatoms. The molecule has 2 aliphatic carbocycles. The Morgan fingerprint density at radius 3 is 2.56 bits per heavy atom. The van der Waals surface area contributed by atoms with Crippen LogP contribution >= 0.6 is 0 Å². The van der Waals surface area contributed by atoms with Gasteiger partial charge >= 0.3 is 0 Å². The van der Waals surface area contributed by atoms with Gasteiger partial charge in [-0.3, -0.25) is 4.90 Å². The third kappa shape index (κ3) is 2.22. The summed E-state index contributed by atoms with van der Waals surface area (Å²) in [6, 6.07) is 1.67. The van der Waals surface area contributed by atoms with Crippen LogP contribution in [0.15, 0.2) is 0 Å². The fourth-order valence-electron chi connectivity index (χ4n) is 4.06. The molecule has 0 bridgehead atoms. The van der Waals surface area contributed by atoms with Crippen LogP contribution in [0.2, 0.25) is 0 Å². The van der Waals surface area contributed by atoms with Crippen LogP contribution in [0.3, 0.4) is 0 Å². The second-order valence-electron chi connectivity index (χ2n) is 7.53. The van der Waals surface area contributed by atoms with Gasteiger partial charge < -0.3 is 5.32 Å². The maximum atomic E-state index is 3.89. The van der Waals surface area contributed by atoms with Gasteiger partial charge in [0.1, 0.15) is 0 Å². The standard InChI is InChI=1S/C16H30N2/c1-5-12-8-14(12)18-10-16(4,13-6-7-13)17-9-15(18)11(2)3/h11-15,17H,5-10H2,1-4H3. The Bertz CT molecular complexity index is 310. The van der Waals surface area contributed by atoms with Crippen molar-refractivity contribution in [1.82, 2.24) is 10.2 Å². The van der Waals surface area contributed by atoms with Crippen molar-refractivity contribution in [2.45, 2.75) is 71.0 Å². The van der Waals surface area contributed by atoms with E-state index in [4.69, 9.17) is 0 Å². The van der Waals surface area contributed by atoms with Gasteiger partial charge in [-0.25, -0.2) is 0 Å². The van der Waals surface area contributed by atoms with Crippen molar-refractivity contribution in [2.24, 2.45) is 17.8 Å². The topological polar surface area (TPSA) is 15.3 Å². The first-order valence-electron chi connectivity index (χ1n) is 8.06. The van der Waals surface area contributed by atoms with Crippen molar-refractivity contribution in [3.8, 4) is 0 Å². The van der Waals surface area contributed by atoms with Gasteiger partial charge in [-0.2, -0.15) is 0 Å². The first-order chi connectivity index (χ1) is 8.55. The third-order valence-corrected chi connectivity index (χ3v) is 5.74. The van der Waals surface area contributed by atoms with Crippen molar-refractivity contribution in [3.05, 3.63) is 0 Å². The largest absolute Gasteiger partial charge is 0.308 e. The van der Waals surface area contributed by atoms with E-state index >= 15 is 0 Å². The van der Waals surface area contributed by atoms with Gasteiger partial charge in [-0.1, -0.05) is 27.2 Å². The zero-order valence-corrected chi connectivity index (χ0v) is 12.6. The number of piperazine rings is 1. The van der Waals surface area contributed by atoms with Crippen molar-refractivity contribution in [3.63, 3.8) is 0 Å². The fraction of sp³-hybridized carbons (Fsp3) is 1.00. The first kappa shape index (κ1) is 12.9. The predicted molar refractivity (Wildman–Crippen MR) is 76.6 cm³/mol. The number of nitrogens with zero attached hydrogens (tertiary/aromatic N) is 1. The molecule has 3 rings (SSSR count). The average Bonchev–Trinajstić information content (AvgIpc) is 3.19. The molecule has 18 heavy (non-hydrogen) atoms. The van der Waals surface area contributed by atoms with Crippen LogP contribution in [0.1, 0.15) is 53.4 Å². The molecule has 4 unspecified atom stereocenters. The summed E-state index contributed by atoms with van der Waals surface area (Å²) in [5.41, 5.74) is 0.409. The molecule has 1 heterocycles. The minimum Gasteiger partial charge on any atom is -0.308 e. The Hall–Kier alpha value is -0.0800. The normalized spacial score (nSPS) is 45.5. The number of nitrogens with one attached hydrogen (secondary N) is 1. The van der Waals surface area contributed by atoms with Crippen LogP contribution in [0.25, 0.3) is 0 Å². The van der Waals surface area contributed by atoms with Crippen molar-refractivity contribution in [1.29, 1.82) is 0 Å². The quantitative estimate of drug-likeness (QED) is 0.825. The molecule has 2 nitrogen and oxygen atoms in total. The summed E-state index contributed by atoms with van der Waals surface area (Å²) in [5, 5.41) is 3.89. The van der Waals surface area contributed by atoms with Crippen molar-refractivity contribution >= 4 is 0 Å². The highest BCUT2D eigenvalue weighted by atomic mass is 15.3. The Balaban J connectivity index is 1.72. The van der Waals surface area contributed by atoms with E-state index in [-0.39, 0.29) is 0 Å². The highest BCUT2D eigenvalue weighted by Crippen LogP contribution is 2.46. The fourth-order valence-corrected chi connectivity index (χ4v) is 4.06. The second kappa shape index (κ2) is 4.49. The van der Waals surface area contributed by atoms with Gasteiger partial charge in [-0.05, 0) is 43.9 Å². The zero-order valence-electron chi connectivity index (χ0n) is 12.6. The molecule has 0 radical (unpaired) electrons. The third-order valence-electron chi connectivity index (χ3n) is 5.74. The molecular weight excluding hydrogens is 220 g/mol. The summed E-state index contributed by atoms with van der Waals surface area (Å²) in [7, 11) is 0. The monoisotopic (exact) mass is 250 g/mol. The van der Waals surface area contributed by atoms with E-state index in [1.54, 1.807) is 0 Å². The summed E-state index contributed by atoms with van der Waals surface area (Å²) < 4.78 is 0. The lowest BCUT2D eigenvalue weighted by Crippen LogP contribution is -2.65. The molecule has 3 aliphatic rings. The zero-order chi connectivity index (χ0) is 12.9. The molecule has 0 spiro atoms. The lowest BCUT2D eigenvalue weighted by Gasteiger charge is -2.48. The summed E-state index contributed by atoms with van der Waals surface area (Å²) in [4.78, 5) is 2.88. The lowest BCUT2D eigenvalue weighted by atomic mass is 9.88. The van der Waals surface area contributed by atoms with Crippen LogP contribution in [0, 0.1) is 17.8 Å². The van der Waals surface area contributed by atoms with Crippen LogP contribution in [0.4, 0.5) is 0 Å². The van der Waals surface area contributed by atoms with E-state index in [0.29, 0.717) is 5.54 Å². The molecule has 2 saturated carbocycles. The maximum Gasteiger partial charge on any atom is 0.0309 e. The van der Waals surface area contributed by atoms with Gasteiger partial charge in [0.2, 0.25) is 0 Å². The number of hydrogen-bond acceptors (Lipinski definition) is 2. The molecule has 0 aromatic rings. The molecule has 1 saturated heterocycles. The highest BCUT2D eigenvalue weighted by molar-refractivity contribution is 5.08. The van der Waals surface area contributed by atoms with Gasteiger partial charge in [0.25, 0.3) is 0 Å². The van der Waals surface area contributed by atoms with Gasteiger partial charge in [0.15, 0.2) is 0 Å². The predicted octanol–water partition coefficient (Wildman–Crippen LogP) is 2.88. The summed E-state index contributed by atoms with van der Waals surface area (Å²) in [6.07, 6.45) is 5.73. The SMILES string of the molecule is CCC1CC1N1CC(C)(C2CC2)NCC1C(C)C. The molecular formula is C16H30N2. The number of rotatable bonds is 4. The number of hydrogen-bond donors (Lipinski definition) is 1. The summed E-state index contributed by atoms with van der Waals surface area (Å²) in [5.74, 6) is 2.72. The molecule has 1 aliphatic heterocycles. The molecule has 0 aromatic heterocycles. The summed E-state index contributed by atoms with van der Waals surface area (Å²) >= 11 is 0. The first-order valence-corrected chi connectivity index (χ1v) is 8.06. The van der Waals surface area contributed by atoms with E-state index < -0.39 is 0 Å². The Labute approximate surface area is 113 Å². The minimum atomic E-state index is 0.409. The Morgan fingerprint density at radius 1 is 1.33 bits per heavy atom. The van der Waals surface area contributed by atoms with Crippen LogP contribution in [0.5, 0.6) is 0 Å². The van der Waals surface area contributed by atoms with Crippen LogP contribution in [-0.4, -0.2) is 35.6 Å². The second-order valence-corrected chi connectivity index (χ2v) is 7.53. The lowest BCUT2D eigenvalue weighted by molar-refractivity contribution is 0.0417. The maximum absolute atomic E-state index is 3.89. The molecule has 3 fully saturated rings. The molecule has 0 aromatic carbocycles. The average molecular weight is 250 g/mol. The van der Waals surface area contributed by atoms with E-state index in [1.807, 2.05) is 0 Å². The van der Waals surface area contributed by atoms with Crippen LogP contribution < -0.4 is 5.32 Å². The molecule has 4 atom stereocenters. The van der Waals surface area contributed by atoms with Crippen molar-refractivity contribution in [2.75, 3.05) is 13.1 Å². The highest BCUT2D eigenvalue weighted by Gasteiger charge is 2.51. The molecule has 0 amide bonds. The van der Waals surface area contributed by atoms with Gasteiger partial charge in [0.05, 0.1) is 0 Å². The Morgan fingerprint density at radius 2 is 2.06 bits per heavy atom. The summed E-state index contributed by atoms with van der Waals surface area (Å²) in [6.45, 7) is 12.1. The van der Waals surface area contributed by atoms with Gasteiger partial charge in [-0.15, -0.1) is 0 Å². The molecule has 1 N–H and O–H groups in total. The smallest absolute Gasteiger partial charge is 0.0309 e. The molecule has 104 valence electrons. The van der Waals surface area contributed by atoms with Crippen LogP contribution in [-0.2, 0) is 0 Å². The van der Waals surface area contributed by atoms with E-state index in [1.165, 1.54) is 38.8 Å². The van der Waals surface area contributed by atoms with Crippen molar-refractivity contribution < 1.29 is 0 Å². The van der Waals surface area contributed by atoms with Gasteiger partial charge in [0, 0.05) is 30.7 Å². The van der Waals surface area contributed by atoms with E-state index in [9.17, 15) is 0 Å². The van der Waals surface area contributed by atoms with E-state index in [0.717, 1.165) is 29.8 Å². The minimum absolute atomic E-state index is 0.409. The Kier molecular flexibility index (Phi) is 3.22. The van der Waals surface area contributed by atoms with E-state index in [2.05, 4.69) is 37.9 Å².